The molecule has 2 heterocycles. The van der Waals surface area contributed by atoms with Crippen molar-refractivity contribution in [3.05, 3.63) is 56.5 Å². The summed E-state index contributed by atoms with van der Waals surface area (Å²) in [6.07, 6.45) is 0. The summed E-state index contributed by atoms with van der Waals surface area (Å²) in [5, 5.41) is 2.51. The molecule has 0 bridgehead atoms. The highest BCUT2D eigenvalue weighted by Gasteiger charge is 2.45. The van der Waals surface area contributed by atoms with Crippen molar-refractivity contribution in [2.24, 2.45) is 0 Å². The van der Waals surface area contributed by atoms with Crippen molar-refractivity contribution in [3.63, 3.8) is 0 Å². The Bertz CT molecular complexity index is 1340. The van der Waals surface area contributed by atoms with Crippen molar-refractivity contribution in [1.82, 2.24) is 5.32 Å². The lowest BCUT2D eigenvalue weighted by atomic mass is 9.86. The normalized spacial score (nSPS) is 21.5. The number of benzene rings is 1. The summed E-state index contributed by atoms with van der Waals surface area (Å²) in [5.74, 6) is -6.49. The molecule has 3 rings (SSSR count). The van der Waals surface area contributed by atoms with Gasteiger partial charge in [-0.1, -0.05) is 17.7 Å². The van der Waals surface area contributed by atoms with E-state index in [1.165, 1.54) is 19.1 Å². The van der Waals surface area contributed by atoms with Gasteiger partial charge in [-0.3, -0.25) is 0 Å². The van der Waals surface area contributed by atoms with Crippen LogP contribution in [0.15, 0.2) is 40.1 Å². The Labute approximate surface area is 208 Å². The number of dihydropyridines is 1. The van der Waals surface area contributed by atoms with Gasteiger partial charge in [-0.05, 0) is 39.8 Å². The van der Waals surface area contributed by atoms with Gasteiger partial charge in [0.05, 0.1) is 33.7 Å². The zero-order valence-electron chi connectivity index (χ0n) is 19.5. The van der Waals surface area contributed by atoms with E-state index in [0.29, 0.717) is 0 Å². The van der Waals surface area contributed by atoms with E-state index in [4.69, 9.17) is 21.1 Å². The van der Waals surface area contributed by atoms with Gasteiger partial charge in [-0.15, -0.1) is 0 Å². The molecule has 1 aromatic rings. The number of halogens is 2. The van der Waals surface area contributed by atoms with Gasteiger partial charge in [0.2, 0.25) is 0 Å². The number of ether oxygens (including phenoxy) is 2. The Hall–Kier alpha value is -2.44. The average molecular weight is 550 g/mol. The molecule has 35 heavy (non-hydrogen) atoms. The minimum atomic E-state index is -4.29. The zero-order valence-corrected chi connectivity index (χ0v) is 21.9. The monoisotopic (exact) mass is 549 g/mol. The SMILES string of the molecule is CC1=C(C(=O)OCC(=O)OC(C)(C)C)C(c2c(F)cccc2Cl)C2=C(CS(=O)(=O)CCS2(=O)=O)N1. The summed E-state index contributed by atoms with van der Waals surface area (Å²) in [6, 6.07) is 3.67. The average Bonchev–Trinajstić information content (AvgIpc) is 2.77. The number of esters is 2. The van der Waals surface area contributed by atoms with Crippen molar-refractivity contribution in [1.29, 1.82) is 0 Å². The molecular formula is C22H25ClFNO8S2. The number of rotatable bonds is 4. The molecule has 0 saturated carbocycles. The third-order valence-corrected chi connectivity index (χ3v) is 9.24. The van der Waals surface area contributed by atoms with E-state index in [-0.39, 0.29) is 27.6 Å². The predicted octanol–water partition coefficient (Wildman–Crippen LogP) is 2.38. The molecule has 0 aromatic heterocycles. The fourth-order valence-corrected chi connectivity index (χ4v) is 8.28. The van der Waals surface area contributed by atoms with E-state index in [1.807, 2.05) is 0 Å². The highest BCUT2D eigenvalue weighted by molar-refractivity contribution is 7.98. The smallest absolute Gasteiger partial charge is 0.344 e. The van der Waals surface area contributed by atoms with Crippen molar-refractivity contribution < 1.29 is 40.3 Å². The molecule has 0 fully saturated rings. The van der Waals surface area contributed by atoms with Crippen LogP contribution in [0.5, 0.6) is 0 Å². The Morgan fingerprint density at radius 2 is 1.83 bits per heavy atom. The van der Waals surface area contributed by atoms with E-state index in [2.05, 4.69) is 5.32 Å². The third-order valence-electron chi connectivity index (χ3n) is 5.20. The van der Waals surface area contributed by atoms with Crippen molar-refractivity contribution in [3.8, 4) is 0 Å². The highest BCUT2D eigenvalue weighted by Crippen LogP contribution is 2.45. The van der Waals surface area contributed by atoms with Crippen LogP contribution >= 0.6 is 11.6 Å². The first-order chi connectivity index (χ1) is 16.0. The predicted molar refractivity (Wildman–Crippen MR) is 126 cm³/mol. The minimum absolute atomic E-state index is 0.0366. The van der Waals surface area contributed by atoms with E-state index in [9.17, 15) is 26.4 Å². The van der Waals surface area contributed by atoms with Gasteiger partial charge in [0.25, 0.3) is 0 Å². The highest BCUT2D eigenvalue weighted by atomic mass is 35.5. The standard InChI is InChI=1S/C22H25ClFNO8S2/c1-12-17(21(27)32-10-16(26)33-22(2,3)4)19(18-13(23)6-5-7-14(18)24)20-15(25-12)11-34(28,29)8-9-35(20,30)31/h5-7,19,25H,8-11H2,1-4H3. The number of allylic oxidation sites excluding steroid dienone is 2. The van der Waals surface area contributed by atoms with Crippen molar-refractivity contribution >= 4 is 43.2 Å². The van der Waals surface area contributed by atoms with Crippen LogP contribution in [0.25, 0.3) is 0 Å². The molecule has 2 aliphatic heterocycles. The molecule has 1 unspecified atom stereocenters. The summed E-state index contributed by atoms with van der Waals surface area (Å²) < 4.78 is 76.6. The number of hydrogen-bond acceptors (Lipinski definition) is 9. The molecule has 0 aliphatic carbocycles. The molecule has 0 spiro atoms. The Morgan fingerprint density at radius 3 is 2.43 bits per heavy atom. The zero-order chi connectivity index (χ0) is 26.3. The van der Waals surface area contributed by atoms with Gasteiger partial charge in [-0.2, -0.15) is 0 Å². The van der Waals surface area contributed by atoms with E-state index >= 15 is 4.39 Å². The quantitative estimate of drug-likeness (QED) is 0.562. The van der Waals surface area contributed by atoms with Gasteiger partial charge in [0.1, 0.15) is 11.4 Å². The number of carbonyl (C=O) groups is 2. The van der Waals surface area contributed by atoms with Crippen molar-refractivity contribution in [2.45, 2.75) is 39.2 Å². The molecule has 1 aromatic carbocycles. The summed E-state index contributed by atoms with van der Waals surface area (Å²) in [7, 11) is -8.10. The molecule has 0 radical (unpaired) electrons. The molecular weight excluding hydrogens is 525 g/mol. The molecule has 1 atom stereocenters. The summed E-state index contributed by atoms with van der Waals surface area (Å²) in [5.41, 5.74) is -1.63. The molecule has 2 aliphatic rings. The Balaban J connectivity index is 2.15. The van der Waals surface area contributed by atoms with E-state index in [1.54, 1.807) is 20.8 Å². The lowest BCUT2D eigenvalue weighted by Crippen LogP contribution is -2.35. The lowest BCUT2D eigenvalue weighted by molar-refractivity contribution is -0.165. The second-order valence-electron chi connectivity index (χ2n) is 9.15. The second kappa shape index (κ2) is 9.55. The number of nitrogens with one attached hydrogen (secondary N) is 1. The first-order valence-electron chi connectivity index (χ1n) is 10.5. The second-order valence-corrected chi connectivity index (χ2v) is 13.8. The lowest BCUT2D eigenvalue weighted by Gasteiger charge is -2.31. The summed E-state index contributed by atoms with van der Waals surface area (Å²) in [6.45, 7) is 5.48. The minimum Gasteiger partial charge on any atom is -0.457 e. The maximum Gasteiger partial charge on any atom is 0.344 e. The molecule has 1 N–H and O–H groups in total. The van der Waals surface area contributed by atoms with Gasteiger partial charge >= 0.3 is 11.9 Å². The van der Waals surface area contributed by atoms with Crippen LogP contribution in [0.1, 0.15) is 39.2 Å². The van der Waals surface area contributed by atoms with Crippen LogP contribution in [0.4, 0.5) is 4.39 Å². The number of hydrogen-bond donors (Lipinski definition) is 1. The van der Waals surface area contributed by atoms with Crippen LogP contribution in [-0.4, -0.2) is 58.2 Å². The van der Waals surface area contributed by atoms with Crippen LogP contribution in [0.2, 0.25) is 5.02 Å². The fourth-order valence-electron chi connectivity index (χ4n) is 3.90. The summed E-state index contributed by atoms with van der Waals surface area (Å²) >= 11 is 6.26. The molecule has 192 valence electrons. The summed E-state index contributed by atoms with van der Waals surface area (Å²) in [4.78, 5) is 24.7. The number of sulfone groups is 2. The van der Waals surface area contributed by atoms with Gasteiger partial charge < -0.3 is 14.8 Å². The maximum absolute atomic E-state index is 15.1. The Morgan fingerprint density at radius 1 is 1.17 bits per heavy atom. The van der Waals surface area contributed by atoms with Gasteiger partial charge in [0, 0.05) is 22.0 Å². The van der Waals surface area contributed by atoms with E-state index in [0.717, 1.165) is 6.07 Å². The van der Waals surface area contributed by atoms with Gasteiger partial charge in [0.15, 0.2) is 26.3 Å². The molecule has 0 saturated heterocycles. The van der Waals surface area contributed by atoms with E-state index < -0.39 is 77.7 Å². The maximum atomic E-state index is 15.1. The van der Waals surface area contributed by atoms with Crippen LogP contribution in [0.3, 0.4) is 0 Å². The first-order valence-corrected chi connectivity index (χ1v) is 14.3. The van der Waals surface area contributed by atoms with Crippen LogP contribution in [-0.2, 0) is 38.7 Å². The van der Waals surface area contributed by atoms with Crippen molar-refractivity contribution in [2.75, 3.05) is 23.9 Å². The first kappa shape index (κ1) is 27.2. The molecule has 0 amide bonds. The fraction of sp³-hybridized carbons (Fsp3) is 0.455. The topological polar surface area (TPSA) is 133 Å². The largest absolute Gasteiger partial charge is 0.457 e. The number of carbonyl (C=O) groups excluding carboxylic acids is 2. The Kier molecular flexibility index (Phi) is 7.41. The molecule has 9 nitrogen and oxygen atoms in total. The third kappa shape index (κ3) is 6.04. The molecule has 13 heteroatoms. The van der Waals surface area contributed by atoms with Crippen LogP contribution in [0, 0.1) is 5.82 Å². The van der Waals surface area contributed by atoms with Crippen LogP contribution < -0.4 is 5.32 Å². The van der Waals surface area contributed by atoms with Gasteiger partial charge in [-0.25, -0.2) is 30.8 Å².